The predicted octanol–water partition coefficient (Wildman–Crippen LogP) is 3.09. The topological polar surface area (TPSA) is 56.6 Å². The molecule has 1 aromatic carbocycles. The molecule has 2 aromatic rings. The molecular formula is C16H22Cl2N2O2. The molecule has 2 rings (SSSR count). The van der Waals surface area contributed by atoms with Crippen molar-refractivity contribution >= 4 is 30.5 Å². The van der Waals surface area contributed by atoms with Gasteiger partial charge in [0.25, 0.3) is 0 Å². The maximum Gasteiger partial charge on any atom is 0.140 e. The van der Waals surface area contributed by atoms with Gasteiger partial charge in [-0.1, -0.05) is 12.1 Å². The molecule has 0 bridgehead atoms. The Morgan fingerprint density at radius 1 is 1.09 bits per heavy atom. The number of aryl methyl sites for hydroxylation is 1. The maximum atomic E-state index is 10.1. The lowest BCUT2D eigenvalue weighted by Gasteiger charge is -2.14. The first-order chi connectivity index (χ1) is 9.52. The van der Waals surface area contributed by atoms with Crippen LogP contribution in [0.1, 0.15) is 22.4 Å². The molecule has 1 aromatic heterocycles. The molecule has 0 spiro atoms. The molecule has 0 saturated carbocycles. The summed E-state index contributed by atoms with van der Waals surface area (Å²) >= 11 is 0. The van der Waals surface area contributed by atoms with Crippen molar-refractivity contribution in [3.8, 4) is 5.75 Å². The molecule has 0 unspecified atom stereocenters. The summed E-state index contributed by atoms with van der Waals surface area (Å²) in [7, 11) is 3.99. The lowest BCUT2D eigenvalue weighted by atomic mass is 9.99. The minimum Gasteiger partial charge on any atom is -0.506 e. The molecule has 4 nitrogen and oxygen atoms in total. The van der Waals surface area contributed by atoms with Gasteiger partial charge in [0.15, 0.2) is 0 Å². The number of hydrogen-bond donors (Lipinski definition) is 2. The van der Waals surface area contributed by atoms with Crippen molar-refractivity contribution in [2.45, 2.75) is 20.0 Å². The average Bonchev–Trinajstić information content (AvgIpc) is 2.45. The van der Waals surface area contributed by atoms with Crippen LogP contribution >= 0.6 is 24.8 Å². The van der Waals surface area contributed by atoms with E-state index in [0.29, 0.717) is 17.7 Å². The van der Waals surface area contributed by atoms with E-state index in [1.165, 1.54) is 0 Å². The molecule has 0 atom stereocenters. The summed E-state index contributed by atoms with van der Waals surface area (Å²) in [6, 6.07) is 8.15. The van der Waals surface area contributed by atoms with Gasteiger partial charge in [0.1, 0.15) is 5.75 Å². The maximum absolute atomic E-state index is 10.1. The van der Waals surface area contributed by atoms with Crippen LogP contribution < -0.4 is 4.90 Å². The SMILES string of the molecule is Cc1ncc(CO)c(Cc2ccc(N(C)C)cc2)c1O.Cl.Cl. The normalized spacial score (nSPS) is 9.64. The van der Waals surface area contributed by atoms with Crippen LogP contribution in [0.15, 0.2) is 30.5 Å². The van der Waals surface area contributed by atoms with Gasteiger partial charge in [-0.3, -0.25) is 4.98 Å². The second kappa shape index (κ2) is 8.83. The number of aliphatic hydroxyl groups is 1. The Labute approximate surface area is 143 Å². The van der Waals surface area contributed by atoms with Crippen LogP contribution in [-0.4, -0.2) is 29.3 Å². The Hall–Kier alpha value is -1.49. The largest absolute Gasteiger partial charge is 0.506 e. The lowest BCUT2D eigenvalue weighted by Crippen LogP contribution is -2.08. The number of nitrogens with zero attached hydrogens (tertiary/aromatic N) is 2. The molecule has 0 aliphatic heterocycles. The van der Waals surface area contributed by atoms with Crippen LogP contribution in [0.4, 0.5) is 5.69 Å². The number of rotatable bonds is 4. The summed E-state index contributed by atoms with van der Waals surface area (Å²) in [5, 5.41) is 19.5. The zero-order valence-corrected chi connectivity index (χ0v) is 14.5. The Kier molecular flexibility index (Phi) is 8.23. The van der Waals surface area contributed by atoms with Gasteiger partial charge in [0.2, 0.25) is 0 Å². The number of hydrogen-bond acceptors (Lipinski definition) is 4. The quantitative estimate of drug-likeness (QED) is 0.894. The minimum atomic E-state index is -0.119. The molecule has 6 heteroatoms. The van der Waals surface area contributed by atoms with Gasteiger partial charge in [-0.15, -0.1) is 24.8 Å². The Bertz CT molecular complexity index is 602. The van der Waals surface area contributed by atoms with Crippen molar-refractivity contribution in [2.75, 3.05) is 19.0 Å². The van der Waals surface area contributed by atoms with Crippen LogP contribution in [0.5, 0.6) is 5.75 Å². The van der Waals surface area contributed by atoms with Crippen LogP contribution in [-0.2, 0) is 13.0 Å². The highest BCUT2D eigenvalue weighted by Crippen LogP contribution is 2.27. The smallest absolute Gasteiger partial charge is 0.140 e. The lowest BCUT2D eigenvalue weighted by molar-refractivity contribution is 0.279. The van der Waals surface area contributed by atoms with Crippen molar-refractivity contribution in [3.63, 3.8) is 0 Å². The van der Waals surface area contributed by atoms with Gasteiger partial charge in [-0.2, -0.15) is 0 Å². The fourth-order valence-electron chi connectivity index (χ4n) is 2.13. The van der Waals surface area contributed by atoms with Gasteiger partial charge in [0.05, 0.1) is 12.3 Å². The fraction of sp³-hybridized carbons (Fsp3) is 0.312. The number of aromatic hydroxyl groups is 1. The molecular weight excluding hydrogens is 323 g/mol. The number of anilines is 1. The number of benzene rings is 1. The molecule has 0 radical (unpaired) electrons. The van der Waals surface area contributed by atoms with E-state index in [9.17, 15) is 10.2 Å². The Balaban J connectivity index is 0.00000220. The summed E-state index contributed by atoms with van der Waals surface area (Å²) < 4.78 is 0. The summed E-state index contributed by atoms with van der Waals surface area (Å²) in [5.74, 6) is 0.174. The summed E-state index contributed by atoms with van der Waals surface area (Å²) in [6.07, 6.45) is 2.21. The third-order valence-electron chi connectivity index (χ3n) is 3.43. The Morgan fingerprint density at radius 3 is 2.18 bits per heavy atom. The summed E-state index contributed by atoms with van der Waals surface area (Å²) in [6.45, 7) is 1.64. The molecule has 1 heterocycles. The third kappa shape index (κ3) is 4.50. The van der Waals surface area contributed by atoms with E-state index in [1.807, 2.05) is 43.3 Å². The summed E-state index contributed by atoms with van der Waals surface area (Å²) in [4.78, 5) is 6.11. The highest BCUT2D eigenvalue weighted by atomic mass is 35.5. The van der Waals surface area contributed by atoms with Gasteiger partial charge in [-0.05, 0) is 24.6 Å². The van der Waals surface area contributed by atoms with Crippen molar-refractivity contribution in [3.05, 3.63) is 52.8 Å². The molecule has 0 saturated heterocycles. The minimum absolute atomic E-state index is 0. The molecule has 0 amide bonds. The number of pyridine rings is 1. The molecule has 0 aliphatic rings. The van der Waals surface area contributed by atoms with E-state index in [4.69, 9.17) is 0 Å². The first-order valence-electron chi connectivity index (χ1n) is 6.56. The van der Waals surface area contributed by atoms with E-state index in [-0.39, 0.29) is 37.2 Å². The highest BCUT2D eigenvalue weighted by Gasteiger charge is 2.12. The van der Waals surface area contributed by atoms with Crippen molar-refractivity contribution in [2.24, 2.45) is 0 Å². The van der Waals surface area contributed by atoms with Crippen LogP contribution in [0, 0.1) is 6.92 Å². The second-order valence-electron chi connectivity index (χ2n) is 5.09. The van der Waals surface area contributed by atoms with E-state index in [1.54, 1.807) is 13.1 Å². The monoisotopic (exact) mass is 344 g/mol. The third-order valence-corrected chi connectivity index (χ3v) is 3.43. The average molecular weight is 345 g/mol. The molecule has 2 N–H and O–H groups in total. The zero-order valence-electron chi connectivity index (χ0n) is 12.9. The zero-order chi connectivity index (χ0) is 14.7. The molecule has 22 heavy (non-hydrogen) atoms. The number of aliphatic hydroxyl groups excluding tert-OH is 1. The van der Waals surface area contributed by atoms with Crippen molar-refractivity contribution < 1.29 is 10.2 Å². The standard InChI is InChI=1S/C16H20N2O2.2ClH/c1-11-16(20)15(13(10-19)9-17-11)8-12-4-6-14(7-5-12)18(2)3;;/h4-7,9,19-20H,8,10H2,1-3H3;2*1H. The van der Waals surface area contributed by atoms with Gasteiger partial charge < -0.3 is 15.1 Å². The number of aromatic nitrogens is 1. The van der Waals surface area contributed by atoms with E-state index < -0.39 is 0 Å². The van der Waals surface area contributed by atoms with E-state index in [0.717, 1.165) is 16.8 Å². The van der Waals surface area contributed by atoms with Gasteiger partial charge >= 0.3 is 0 Å². The van der Waals surface area contributed by atoms with Crippen molar-refractivity contribution in [1.82, 2.24) is 4.98 Å². The Morgan fingerprint density at radius 2 is 1.68 bits per heavy atom. The fourth-order valence-corrected chi connectivity index (χ4v) is 2.13. The molecule has 0 fully saturated rings. The van der Waals surface area contributed by atoms with Crippen LogP contribution in [0.2, 0.25) is 0 Å². The van der Waals surface area contributed by atoms with E-state index in [2.05, 4.69) is 4.98 Å². The summed E-state index contributed by atoms with van der Waals surface area (Å²) in [5.41, 5.74) is 4.22. The second-order valence-corrected chi connectivity index (χ2v) is 5.09. The molecule has 122 valence electrons. The van der Waals surface area contributed by atoms with Gasteiger partial charge in [0, 0.05) is 43.5 Å². The van der Waals surface area contributed by atoms with Crippen LogP contribution in [0.25, 0.3) is 0 Å². The highest BCUT2D eigenvalue weighted by molar-refractivity contribution is 5.85. The first kappa shape index (κ1) is 20.5. The number of halogens is 2. The molecule has 0 aliphatic carbocycles. The predicted molar refractivity (Wildman–Crippen MR) is 94.6 cm³/mol. The van der Waals surface area contributed by atoms with E-state index >= 15 is 0 Å². The van der Waals surface area contributed by atoms with Crippen molar-refractivity contribution in [1.29, 1.82) is 0 Å². The first-order valence-corrected chi connectivity index (χ1v) is 6.56. The van der Waals surface area contributed by atoms with Gasteiger partial charge in [-0.25, -0.2) is 0 Å². The van der Waals surface area contributed by atoms with Crippen LogP contribution in [0.3, 0.4) is 0 Å².